The zero-order chi connectivity index (χ0) is 15.4. The topological polar surface area (TPSA) is 80.4 Å². The van der Waals surface area contributed by atoms with E-state index in [0.29, 0.717) is 10.5 Å². The molecule has 0 heterocycles. The summed E-state index contributed by atoms with van der Waals surface area (Å²) >= 11 is 1.16. The van der Waals surface area contributed by atoms with Crippen molar-refractivity contribution in [3.8, 4) is 0 Å². The van der Waals surface area contributed by atoms with E-state index in [0.717, 1.165) is 17.8 Å². The molecule has 0 saturated carbocycles. The van der Waals surface area contributed by atoms with Gasteiger partial charge in [-0.1, -0.05) is 12.1 Å². The number of carbonyl (C=O) groups is 1. The summed E-state index contributed by atoms with van der Waals surface area (Å²) < 4.78 is 13.3. The molecule has 2 rings (SSSR count). The van der Waals surface area contributed by atoms with Gasteiger partial charge in [-0.3, -0.25) is 10.1 Å². The Kier molecular flexibility index (Phi) is 4.54. The van der Waals surface area contributed by atoms with E-state index in [4.69, 9.17) is 5.11 Å². The van der Waals surface area contributed by atoms with E-state index in [1.54, 1.807) is 18.2 Å². The number of benzene rings is 2. The molecule has 0 fully saturated rings. The molecular formula is C14H10FNO4S. The number of carboxylic acid groups (broad SMARTS) is 1. The molecule has 0 aliphatic rings. The quantitative estimate of drug-likeness (QED) is 0.517. The zero-order valence-electron chi connectivity index (χ0n) is 10.7. The predicted octanol–water partition coefficient (Wildman–Crippen LogP) is 3.72. The van der Waals surface area contributed by atoms with E-state index in [1.807, 2.05) is 0 Å². The lowest BCUT2D eigenvalue weighted by Gasteiger charge is -2.05. The molecule has 1 N–H and O–H groups in total. The van der Waals surface area contributed by atoms with Crippen LogP contribution in [-0.2, 0) is 5.75 Å². The van der Waals surface area contributed by atoms with E-state index in [2.05, 4.69) is 0 Å². The minimum atomic E-state index is -1.22. The number of carboxylic acids is 1. The van der Waals surface area contributed by atoms with Crippen LogP contribution in [0.3, 0.4) is 0 Å². The van der Waals surface area contributed by atoms with Gasteiger partial charge in [-0.2, -0.15) is 0 Å². The molecule has 0 radical (unpaired) electrons. The van der Waals surface area contributed by atoms with E-state index >= 15 is 0 Å². The van der Waals surface area contributed by atoms with Gasteiger partial charge < -0.3 is 5.11 Å². The SMILES string of the molecule is O=C(O)c1cc(F)cc(CSc2ccccc2[N+](=O)[O-])c1. The molecule has 0 amide bonds. The van der Waals surface area contributed by atoms with Crippen molar-refractivity contribution in [2.24, 2.45) is 0 Å². The fourth-order valence-electron chi connectivity index (χ4n) is 1.75. The molecule has 2 aromatic rings. The molecule has 0 spiro atoms. The molecular weight excluding hydrogens is 297 g/mol. The summed E-state index contributed by atoms with van der Waals surface area (Å²) in [6.45, 7) is 0. The van der Waals surface area contributed by atoms with Crippen LogP contribution in [0.2, 0.25) is 0 Å². The Hall–Kier alpha value is -2.41. The maximum atomic E-state index is 13.3. The number of para-hydroxylation sites is 1. The first-order chi connectivity index (χ1) is 9.97. The first-order valence-electron chi connectivity index (χ1n) is 5.86. The summed E-state index contributed by atoms with van der Waals surface area (Å²) in [6, 6.07) is 9.72. The van der Waals surface area contributed by atoms with Crippen LogP contribution in [0.5, 0.6) is 0 Å². The van der Waals surface area contributed by atoms with Crippen molar-refractivity contribution in [1.82, 2.24) is 0 Å². The number of thioether (sulfide) groups is 1. The number of aromatic carboxylic acids is 1. The second kappa shape index (κ2) is 6.36. The monoisotopic (exact) mass is 307 g/mol. The van der Waals surface area contributed by atoms with Gasteiger partial charge in [0.15, 0.2) is 0 Å². The average Bonchev–Trinajstić information content (AvgIpc) is 2.44. The van der Waals surface area contributed by atoms with Crippen LogP contribution in [0.25, 0.3) is 0 Å². The van der Waals surface area contributed by atoms with Crippen LogP contribution >= 0.6 is 11.8 Å². The van der Waals surface area contributed by atoms with Gasteiger partial charge in [0.2, 0.25) is 0 Å². The highest BCUT2D eigenvalue weighted by atomic mass is 32.2. The fourth-order valence-corrected chi connectivity index (χ4v) is 2.70. The number of nitro groups is 1. The Balaban J connectivity index is 2.21. The highest BCUT2D eigenvalue weighted by Crippen LogP contribution is 2.31. The lowest BCUT2D eigenvalue weighted by Crippen LogP contribution is -1.98. The predicted molar refractivity (Wildman–Crippen MR) is 76.0 cm³/mol. The minimum Gasteiger partial charge on any atom is -0.478 e. The van der Waals surface area contributed by atoms with Gasteiger partial charge in [0, 0.05) is 11.8 Å². The number of halogens is 1. The molecule has 0 saturated heterocycles. The van der Waals surface area contributed by atoms with Crippen LogP contribution < -0.4 is 0 Å². The number of nitro benzene ring substituents is 1. The van der Waals surface area contributed by atoms with Gasteiger partial charge >= 0.3 is 5.97 Å². The van der Waals surface area contributed by atoms with Gasteiger partial charge in [-0.25, -0.2) is 9.18 Å². The summed E-state index contributed by atoms with van der Waals surface area (Å²) in [5.41, 5.74) is 0.279. The highest BCUT2D eigenvalue weighted by molar-refractivity contribution is 7.98. The number of nitrogens with zero attached hydrogens (tertiary/aromatic N) is 1. The molecule has 0 aliphatic heterocycles. The molecule has 21 heavy (non-hydrogen) atoms. The first-order valence-corrected chi connectivity index (χ1v) is 6.85. The van der Waals surface area contributed by atoms with Crippen LogP contribution in [0, 0.1) is 15.9 Å². The maximum absolute atomic E-state index is 13.3. The van der Waals surface area contributed by atoms with E-state index in [-0.39, 0.29) is 17.0 Å². The van der Waals surface area contributed by atoms with Crippen molar-refractivity contribution in [2.75, 3.05) is 0 Å². The van der Waals surface area contributed by atoms with Crippen molar-refractivity contribution < 1.29 is 19.2 Å². The molecule has 0 aliphatic carbocycles. The third-order valence-electron chi connectivity index (χ3n) is 2.66. The van der Waals surface area contributed by atoms with Gasteiger partial charge in [-0.05, 0) is 29.8 Å². The van der Waals surface area contributed by atoms with Crippen LogP contribution in [0.1, 0.15) is 15.9 Å². The van der Waals surface area contributed by atoms with E-state index < -0.39 is 16.7 Å². The second-order valence-electron chi connectivity index (χ2n) is 4.17. The molecule has 0 aromatic heterocycles. The van der Waals surface area contributed by atoms with Gasteiger partial charge in [0.25, 0.3) is 5.69 Å². The Morgan fingerprint density at radius 1 is 1.29 bits per heavy atom. The molecule has 0 atom stereocenters. The summed E-state index contributed by atoms with van der Waals surface area (Å²) in [7, 11) is 0. The highest BCUT2D eigenvalue weighted by Gasteiger charge is 2.13. The minimum absolute atomic E-state index is 0.0302. The smallest absolute Gasteiger partial charge is 0.335 e. The summed E-state index contributed by atoms with van der Waals surface area (Å²) in [5.74, 6) is -1.62. The average molecular weight is 307 g/mol. The fraction of sp³-hybridized carbons (Fsp3) is 0.0714. The third-order valence-corrected chi connectivity index (χ3v) is 3.79. The van der Waals surface area contributed by atoms with E-state index in [9.17, 15) is 19.3 Å². The van der Waals surface area contributed by atoms with Crippen molar-refractivity contribution in [3.63, 3.8) is 0 Å². The summed E-state index contributed by atoms with van der Waals surface area (Å²) in [5, 5.41) is 19.8. The lowest BCUT2D eigenvalue weighted by molar-refractivity contribution is -0.387. The van der Waals surface area contributed by atoms with Gasteiger partial charge in [0.1, 0.15) is 5.82 Å². The zero-order valence-corrected chi connectivity index (χ0v) is 11.5. The molecule has 0 unspecified atom stereocenters. The van der Waals surface area contributed by atoms with Gasteiger partial charge in [-0.15, -0.1) is 11.8 Å². The van der Waals surface area contributed by atoms with Gasteiger partial charge in [0.05, 0.1) is 15.4 Å². The van der Waals surface area contributed by atoms with Crippen LogP contribution in [-0.4, -0.2) is 16.0 Å². The Labute approximate surface area is 123 Å². The molecule has 7 heteroatoms. The van der Waals surface area contributed by atoms with Crippen molar-refractivity contribution >= 4 is 23.4 Å². The Morgan fingerprint density at radius 2 is 2.00 bits per heavy atom. The second-order valence-corrected chi connectivity index (χ2v) is 5.18. The standard InChI is InChI=1S/C14H10FNO4S/c15-11-6-9(5-10(7-11)14(17)18)8-21-13-4-2-1-3-12(13)16(19)20/h1-7H,8H2,(H,17,18). The van der Waals surface area contributed by atoms with Crippen molar-refractivity contribution in [2.45, 2.75) is 10.6 Å². The van der Waals surface area contributed by atoms with Crippen molar-refractivity contribution in [3.05, 3.63) is 69.5 Å². The lowest BCUT2D eigenvalue weighted by atomic mass is 10.1. The molecule has 108 valence electrons. The van der Waals surface area contributed by atoms with E-state index in [1.165, 1.54) is 18.2 Å². The number of hydrogen-bond donors (Lipinski definition) is 1. The largest absolute Gasteiger partial charge is 0.478 e. The Morgan fingerprint density at radius 3 is 2.67 bits per heavy atom. The summed E-state index contributed by atoms with van der Waals surface area (Å²) in [4.78, 5) is 21.7. The summed E-state index contributed by atoms with van der Waals surface area (Å²) in [6.07, 6.45) is 0. The molecule has 5 nitrogen and oxygen atoms in total. The van der Waals surface area contributed by atoms with Crippen LogP contribution in [0.4, 0.5) is 10.1 Å². The Bertz CT molecular complexity index is 705. The molecule has 0 bridgehead atoms. The van der Waals surface area contributed by atoms with Crippen molar-refractivity contribution in [1.29, 1.82) is 0 Å². The number of hydrogen-bond acceptors (Lipinski definition) is 4. The first kappa shape index (κ1) is 15.0. The third kappa shape index (κ3) is 3.79. The number of rotatable bonds is 5. The van der Waals surface area contributed by atoms with Crippen LogP contribution in [0.15, 0.2) is 47.4 Å². The maximum Gasteiger partial charge on any atom is 0.335 e. The normalized spacial score (nSPS) is 10.3. The molecule has 2 aromatic carbocycles.